The lowest BCUT2D eigenvalue weighted by atomic mass is 10.1. The zero-order chi connectivity index (χ0) is 26.2. The van der Waals surface area contributed by atoms with Gasteiger partial charge in [0.2, 0.25) is 0 Å². The van der Waals surface area contributed by atoms with Crippen molar-refractivity contribution >= 4 is 0 Å². The first-order chi connectivity index (χ1) is 18.3. The minimum Gasteiger partial charge on any atom is -0.368 e. The van der Waals surface area contributed by atoms with Crippen LogP contribution in [0, 0.1) is 0 Å². The minimum absolute atomic E-state index is 0.0551. The third kappa shape index (κ3) is 19.5. The van der Waals surface area contributed by atoms with Gasteiger partial charge < -0.3 is 23.7 Å². The maximum atomic E-state index is 6.20. The Bertz CT molecular complexity index is 438. The summed E-state index contributed by atoms with van der Waals surface area (Å²) in [6, 6.07) is 0. The lowest BCUT2D eigenvalue weighted by Crippen LogP contribution is -2.34. The third-order valence-corrected chi connectivity index (χ3v) is 7.65. The molecule has 0 aromatic heterocycles. The lowest BCUT2D eigenvalue weighted by Gasteiger charge is -2.23. The van der Waals surface area contributed by atoms with Gasteiger partial charge in [0.15, 0.2) is 12.6 Å². The molecule has 0 saturated carbocycles. The summed E-state index contributed by atoms with van der Waals surface area (Å²) in [4.78, 5) is 0. The van der Waals surface area contributed by atoms with Crippen molar-refractivity contribution in [2.75, 3.05) is 26.4 Å². The number of hydrogen-bond donors (Lipinski definition) is 0. The molecule has 0 aromatic rings. The highest BCUT2D eigenvalue weighted by Crippen LogP contribution is 2.26. The molecule has 0 amide bonds. The van der Waals surface area contributed by atoms with E-state index in [0.29, 0.717) is 0 Å². The van der Waals surface area contributed by atoms with Crippen LogP contribution in [0.2, 0.25) is 0 Å². The molecule has 0 spiro atoms. The molecule has 5 nitrogen and oxygen atoms in total. The molecule has 2 aliphatic rings. The molecule has 0 aliphatic carbocycles. The fourth-order valence-corrected chi connectivity index (χ4v) is 4.96. The van der Waals surface area contributed by atoms with Crippen LogP contribution in [0.5, 0.6) is 0 Å². The van der Waals surface area contributed by atoms with Crippen LogP contribution in [0.4, 0.5) is 0 Å². The van der Waals surface area contributed by atoms with Crippen molar-refractivity contribution in [3.63, 3.8) is 0 Å². The van der Waals surface area contributed by atoms with Gasteiger partial charge in [-0.3, -0.25) is 0 Å². The standard InChI is InChI=1S/C32H62O5/c1-3-5-7-9-11-13-15-17-19-21-23-25-33-31(29-27-35-29)37-32(30-28-36-30)34-26-24-22-20-18-16-14-12-10-8-6-4-2/h29-32H,3-28H2,1-2H3. The Morgan fingerprint density at radius 2 is 0.730 bits per heavy atom. The van der Waals surface area contributed by atoms with Crippen molar-refractivity contribution in [2.45, 2.75) is 180 Å². The van der Waals surface area contributed by atoms with E-state index in [2.05, 4.69) is 13.8 Å². The van der Waals surface area contributed by atoms with E-state index in [0.717, 1.165) is 39.3 Å². The number of ether oxygens (including phenoxy) is 5. The maximum Gasteiger partial charge on any atom is 0.189 e. The molecule has 4 atom stereocenters. The fraction of sp³-hybridized carbons (Fsp3) is 1.00. The summed E-state index contributed by atoms with van der Waals surface area (Å²) < 4.78 is 29.4. The van der Waals surface area contributed by atoms with E-state index in [1.165, 1.54) is 128 Å². The number of epoxide rings is 2. The highest BCUT2D eigenvalue weighted by atomic mass is 16.8. The molecule has 2 fully saturated rings. The molecule has 0 radical (unpaired) electrons. The second-order valence-corrected chi connectivity index (χ2v) is 11.4. The van der Waals surface area contributed by atoms with E-state index in [1.807, 2.05) is 0 Å². The summed E-state index contributed by atoms with van der Waals surface area (Å²) >= 11 is 0. The Morgan fingerprint density at radius 3 is 1.00 bits per heavy atom. The number of unbranched alkanes of at least 4 members (excludes halogenated alkanes) is 20. The molecule has 2 rings (SSSR count). The second-order valence-electron chi connectivity index (χ2n) is 11.4. The van der Waals surface area contributed by atoms with Crippen molar-refractivity contribution in [1.29, 1.82) is 0 Å². The molecule has 0 aromatic carbocycles. The monoisotopic (exact) mass is 526 g/mol. The van der Waals surface area contributed by atoms with Gasteiger partial charge in [-0.1, -0.05) is 142 Å². The van der Waals surface area contributed by atoms with Crippen molar-refractivity contribution in [2.24, 2.45) is 0 Å². The average molecular weight is 527 g/mol. The van der Waals surface area contributed by atoms with E-state index >= 15 is 0 Å². The van der Waals surface area contributed by atoms with Gasteiger partial charge in [-0.25, -0.2) is 0 Å². The summed E-state index contributed by atoms with van der Waals surface area (Å²) in [5.41, 5.74) is 0. The van der Waals surface area contributed by atoms with Crippen LogP contribution in [0.25, 0.3) is 0 Å². The highest BCUT2D eigenvalue weighted by Gasteiger charge is 2.42. The molecule has 37 heavy (non-hydrogen) atoms. The van der Waals surface area contributed by atoms with Gasteiger partial charge in [0, 0.05) is 13.2 Å². The number of rotatable bonds is 30. The Kier molecular flexibility index (Phi) is 21.1. The highest BCUT2D eigenvalue weighted by molar-refractivity contribution is 4.79. The molecular weight excluding hydrogens is 464 g/mol. The Balaban J connectivity index is 1.43. The van der Waals surface area contributed by atoms with Crippen LogP contribution < -0.4 is 0 Å². The lowest BCUT2D eigenvalue weighted by molar-refractivity contribution is -0.256. The topological polar surface area (TPSA) is 52.8 Å². The average Bonchev–Trinajstić information content (AvgIpc) is 3.82. The molecule has 2 aliphatic heterocycles. The van der Waals surface area contributed by atoms with Gasteiger partial charge in [0.1, 0.15) is 12.2 Å². The van der Waals surface area contributed by atoms with Crippen molar-refractivity contribution in [1.82, 2.24) is 0 Å². The van der Waals surface area contributed by atoms with Gasteiger partial charge in [-0.15, -0.1) is 0 Å². The van der Waals surface area contributed by atoms with E-state index in [1.54, 1.807) is 0 Å². The van der Waals surface area contributed by atoms with Crippen LogP contribution in [0.3, 0.4) is 0 Å². The van der Waals surface area contributed by atoms with Crippen LogP contribution in [-0.2, 0) is 23.7 Å². The minimum atomic E-state index is -0.324. The zero-order valence-electron chi connectivity index (χ0n) is 24.7. The van der Waals surface area contributed by atoms with Gasteiger partial charge in [-0.05, 0) is 12.8 Å². The summed E-state index contributed by atoms with van der Waals surface area (Å²) in [6.45, 7) is 7.48. The van der Waals surface area contributed by atoms with Crippen LogP contribution in [0.15, 0.2) is 0 Å². The first-order valence-corrected chi connectivity index (χ1v) is 16.5. The first-order valence-electron chi connectivity index (χ1n) is 16.5. The molecule has 5 heteroatoms. The summed E-state index contributed by atoms with van der Waals surface area (Å²) in [7, 11) is 0. The third-order valence-electron chi connectivity index (χ3n) is 7.65. The van der Waals surface area contributed by atoms with Crippen LogP contribution in [-0.4, -0.2) is 51.2 Å². The van der Waals surface area contributed by atoms with Gasteiger partial charge in [0.05, 0.1) is 13.2 Å². The van der Waals surface area contributed by atoms with Crippen LogP contribution >= 0.6 is 0 Å². The largest absolute Gasteiger partial charge is 0.368 e. The number of hydrogen-bond acceptors (Lipinski definition) is 5. The van der Waals surface area contributed by atoms with Crippen molar-refractivity contribution in [3.8, 4) is 0 Å². The van der Waals surface area contributed by atoms with Crippen molar-refractivity contribution in [3.05, 3.63) is 0 Å². The van der Waals surface area contributed by atoms with Gasteiger partial charge in [-0.2, -0.15) is 0 Å². The molecular formula is C32H62O5. The molecule has 2 saturated heterocycles. The maximum absolute atomic E-state index is 6.20. The quantitative estimate of drug-likeness (QED) is 0.0530. The molecule has 0 bridgehead atoms. The Morgan fingerprint density at radius 1 is 0.459 bits per heavy atom. The normalized spacial score (nSPS) is 20.3. The van der Waals surface area contributed by atoms with E-state index in [9.17, 15) is 0 Å². The summed E-state index contributed by atoms with van der Waals surface area (Å²) in [5, 5.41) is 0. The first kappa shape index (κ1) is 33.0. The molecule has 0 N–H and O–H groups in total. The van der Waals surface area contributed by atoms with Crippen molar-refractivity contribution < 1.29 is 23.7 Å². The predicted molar refractivity (Wildman–Crippen MR) is 153 cm³/mol. The van der Waals surface area contributed by atoms with E-state index in [4.69, 9.17) is 23.7 Å². The SMILES string of the molecule is CCCCCCCCCCCCCOC(OC(OCCCCCCCCCCCCC)C1CO1)C1CO1. The zero-order valence-corrected chi connectivity index (χ0v) is 24.7. The smallest absolute Gasteiger partial charge is 0.189 e. The molecule has 2 heterocycles. The van der Waals surface area contributed by atoms with Crippen LogP contribution in [0.1, 0.15) is 155 Å². The Labute approximate surface area is 230 Å². The summed E-state index contributed by atoms with van der Waals surface area (Å²) in [6.07, 6.45) is 29.0. The second kappa shape index (κ2) is 23.7. The van der Waals surface area contributed by atoms with E-state index < -0.39 is 0 Å². The fourth-order valence-electron chi connectivity index (χ4n) is 4.96. The Hall–Kier alpha value is -0.200. The van der Waals surface area contributed by atoms with Gasteiger partial charge in [0.25, 0.3) is 0 Å². The summed E-state index contributed by atoms with van der Waals surface area (Å²) in [5.74, 6) is 0. The van der Waals surface area contributed by atoms with Gasteiger partial charge >= 0.3 is 0 Å². The molecule has 4 unspecified atom stereocenters. The molecule has 220 valence electrons. The predicted octanol–water partition coefficient (Wildman–Crippen LogP) is 9.11. The van der Waals surface area contributed by atoms with E-state index in [-0.39, 0.29) is 24.8 Å².